The highest BCUT2D eigenvalue weighted by atomic mass is 32.2. The Balaban J connectivity index is 1.75. The summed E-state index contributed by atoms with van der Waals surface area (Å²) < 4.78 is 0. The van der Waals surface area contributed by atoms with Crippen LogP contribution in [0.1, 0.15) is 99.8 Å². The van der Waals surface area contributed by atoms with Crippen molar-refractivity contribution in [2.75, 3.05) is 0 Å². The number of hydrogen-bond donors (Lipinski definition) is 0. The van der Waals surface area contributed by atoms with Crippen LogP contribution in [0.25, 0.3) is 0 Å². The highest BCUT2D eigenvalue weighted by molar-refractivity contribution is 8.00. The van der Waals surface area contributed by atoms with Gasteiger partial charge in [-0.3, -0.25) is 0 Å². The van der Waals surface area contributed by atoms with Gasteiger partial charge in [0.1, 0.15) is 0 Å². The smallest absolute Gasteiger partial charge is 0.00556 e. The Hall–Kier alpha value is 0.350. The van der Waals surface area contributed by atoms with Crippen LogP contribution in [0.15, 0.2) is 0 Å². The Morgan fingerprint density at radius 2 is 1.24 bits per heavy atom. The van der Waals surface area contributed by atoms with Gasteiger partial charge < -0.3 is 0 Å². The zero-order valence-corrected chi connectivity index (χ0v) is 18.9. The first-order valence-electron chi connectivity index (χ1n) is 11.2. The maximum Gasteiger partial charge on any atom is 0.00556 e. The maximum atomic E-state index is 2.62. The lowest BCUT2D eigenvalue weighted by molar-refractivity contribution is -0.0458. The predicted octanol–water partition coefficient (Wildman–Crippen LogP) is 7.81. The molecule has 6 unspecified atom stereocenters. The second kappa shape index (κ2) is 7.40. The van der Waals surface area contributed by atoms with E-state index >= 15 is 0 Å². The van der Waals surface area contributed by atoms with Gasteiger partial charge in [-0.1, -0.05) is 61.3 Å². The van der Waals surface area contributed by atoms with E-state index in [1.54, 1.807) is 0 Å². The van der Waals surface area contributed by atoms with E-state index < -0.39 is 0 Å². The van der Waals surface area contributed by atoms with Crippen LogP contribution in [0, 0.1) is 40.4 Å². The van der Waals surface area contributed by atoms with Gasteiger partial charge >= 0.3 is 0 Å². The van der Waals surface area contributed by atoms with Crippen LogP contribution in [-0.4, -0.2) is 10.5 Å². The Bertz CT molecular complexity index is 432. The molecule has 0 aromatic heterocycles. The third-order valence-electron chi connectivity index (χ3n) is 8.15. The molecule has 0 nitrogen and oxygen atoms in total. The van der Waals surface area contributed by atoms with E-state index in [2.05, 4.69) is 60.2 Å². The SMILES string of the molecule is CC1C(C2CCC2C(C)(C)C)CC(SC2CCCC2)CC1C(C)(C)C. The summed E-state index contributed by atoms with van der Waals surface area (Å²) in [7, 11) is 0. The Morgan fingerprint density at radius 1 is 0.640 bits per heavy atom. The van der Waals surface area contributed by atoms with Crippen molar-refractivity contribution in [1.29, 1.82) is 0 Å². The fraction of sp³-hybridized carbons (Fsp3) is 1.00. The van der Waals surface area contributed by atoms with Crippen molar-refractivity contribution in [1.82, 2.24) is 0 Å². The van der Waals surface area contributed by atoms with Gasteiger partial charge in [-0.15, -0.1) is 0 Å². The molecule has 1 heteroatoms. The Morgan fingerprint density at radius 3 is 1.72 bits per heavy atom. The first kappa shape index (κ1) is 20.1. The lowest BCUT2D eigenvalue weighted by Crippen LogP contribution is -2.48. The van der Waals surface area contributed by atoms with E-state index in [0.717, 1.165) is 40.1 Å². The molecule has 0 saturated heterocycles. The topological polar surface area (TPSA) is 0 Å². The number of hydrogen-bond acceptors (Lipinski definition) is 1. The third-order valence-corrected chi connectivity index (χ3v) is 9.78. The quantitative estimate of drug-likeness (QED) is 0.492. The predicted molar refractivity (Wildman–Crippen MR) is 114 cm³/mol. The molecule has 146 valence electrons. The van der Waals surface area contributed by atoms with Crippen LogP contribution in [0.2, 0.25) is 0 Å². The fourth-order valence-electron chi connectivity index (χ4n) is 6.64. The largest absolute Gasteiger partial charge is 0.155 e. The van der Waals surface area contributed by atoms with Crippen molar-refractivity contribution >= 4 is 11.8 Å². The molecular weight excluding hydrogens is 320 g/mol. The molecule has 0 aromatic rings. The van der Waals surface area contributed by atoms with Crippen LogP contribution in [-0.2, 0) is 0 Å². The lowest BCUT2D eigenvalue weighted by Gasteiger charge is -2.55. The van der Waals surface area contributed by atoms with Crippen LogP contribution in [0.3, 0.4) is 0 Å². The minimum absolute atomic E-state index is 0.466. The highest BCUT2D eigenvalue weighted by Crippen LogP contribution is 2.58. The highest BCUT2D eigenvalue weighted by Gasteiger charge is 2.50. The summed E-state index contributed by atoms with van der Waals surface area (Å²) in [5, 5.41) is 1.93. The summed E-state index contributed by atoms with van der Waals surface area (Å²) in [6.07, 6.45) is 12.0. The first-order chi connectivity index (χ1) is 11.6. The number of rotatable bonds is 3. The molecule has 0 heterocycles. The van der Waals surface area contributed by atoms with Crippen molar-refractivity contribution in [3.05, 3.63) is 0 Å². The summed E-state index contributed by atoms with van der Waals surface area (Å²) in [6, 6.07) is 0. The van der Waals surface area contributed by atoms with Gasteiger partial charge in [0.15, 0.2) is 0 Å². The zero-order chi connectivity index (χ0) is 18.4. The van der Waals surface area contributed by atoms with Gasteiger partial charge in [0.25, 0.3) is 0 Å². The molecule has 0 radical (unpaired) electrons. The first-order valence-corrected chi connectivity index (χ1v) is 12.2. The molecule has 3 aliphatic rings. The second-order valence-corrected chi connectivity index (χ2v) is 13.5. The van der Waals surface area contributed by atoms with E-state index in [0.29, 0.717) is 10.8 Å². The van der Waals surface area contributed by atoms with Crippen molar-refractivity contribution in [2.24, 2.45) is 40.4 Å². The minimum atomic E-state index is 0.466. The Labute approximate surface area is 162 Å². The van der Waals surface area contributed by atoms with Crippen molar-refractivity contribution in [3.8, 4) is 0 Å². The molecule has 3 saturated carbocycles. The molecule has 0 amide bonds. The molecule has 0 bridgehead atoms. The average Bonchev–Trinajstić information content (AvgIpc) is 2.90. The van der Waals surface area contributed by atoms with Gasteiger partial charge in [0, 0.05) is 10.5 Å². The van der Waals surface area contributed by atoms with Gasteiger partial charge in [0.2, 0.25) is 0 Å². The minimum Gasteiger partial charge on any atom is -0.155 e. The zero-order valence-electron chi connectivity index (χ0n) is 18.1. The molecule has 0 spiro atoms. The summed E-state index contributed by atoms with van der Waals surface area (Å²) >= 11 is 2.41. The van der Waals surface area contributed by atoms with Gasteiger partial charge in [-0.25, -0.2) is 0 Å². The third kappa shape index (κ3) is 4.44. The van der Waals surface area contributed by atoms with E-state index in [9.17, 15) is 0 Å². The molecule has 3 fully saturated rings. The van der Waals surface area contributed by atoms with Crippen LogP contribution >= 0.6 is 11.8 Å². The molecule has 0 aromatic carbocycles. The molecule has 6 atom stereocenters. The summed E-state index contributed by atoms with van der Waals surface area (Å²) in [4.78, 5) is 0. The second-order valence-electron chi connectivity index (χ2n) is 11.8. The van der Waals surface area contributed by atoms with Crippen LogP contribution in [0.4, 0.5) is 0 Å². The molecule has 3 rings (SSSR count). The summed E-state index contributed by atoms with van der Waals surface area (Å²) in [6.45, 7) is 17.6. The van der Waals surface area contributed by atoms with Gasteiger partial charge in [-0.05, 0) is 78.9 Å². The fourth-order valence-corrected chi connectivity index (χ4v) is 8.44. The van der Waals surface area contributed by atoms with E-state index in [1.807, 2.05) is 0 Å². The monoisotopic (exact) mass is 364 g/mol. The van der Waals surface area contributed by atoms with Crippen molar-refractivity contribution in [2.45, 2.75) is 110 Å². The van der Waals surface area contributed by atoms with E-state index in [-0.39, 0.29) is 0 Å². The van der Waals surface area contributed by atoms with Gasteiger partial charge in [-0.2, -0.15) is 11.8 Å². The van der Waals surface area contributed by atoms with E-state index in [4.69, 9.17) is 0 Å². The lowest BCUT2D eigenvalue weighted by atomic mass is 9.51. The molecule has 0 N–H and O–H groups in total. The summed E-state index contributed by atoms with van der Waals surface area (Å²) in [5.74, 6) is 4.78. The molecule has 25 heavy (non-hydrogen) atoms. The normalized spacial score (nSPS) is 40.9. The van der Waals surface area contributed by atoms with E-state index in [1.165, 1.54) is 51.4 Å². The van der Waals surface area contributed by atoms with Crippen LogP contribution < -0.4 is 0 Å². The maximum absolute atomic E-state index is 2.62. The Kier molecular flexibility index (Phi) is 5.95. The molecular formula is C24H44S. The van der Waals surface area contributed by atoms with Crippen LogP contribution in [0.5, 0.6) is 0 Å². The number of thioether (sulfide) groups is 1. The van der Waals surface area contributed by atoms with Gasteiger partial charge in [0.05, 0.1) is 0 Å². The summed E-state index contributed by atoms with van der Waals surface area (Å²) in [5.41, 5.74) is 0.971. The van der Waals surface area contributed by atoms with Crippen molar-refractivity contribution < 1.29 is 0 Å². The van der Waals surface area contributed by atoms with Crippen molar-refractivity contribution in [3.63, 3.8) is 0 Å². The molecule has 0 aliphatic heterocycles. The standard InChI is InChI=1S/C24H44S/c1-16-20(19-12-13-21(19)23(2,3)4)14-18(15-22(16)24(5,6)7)25-17-10-8-9-11-17/h16-22H,8-15H2,1-7H3. The molecule has 3 aliphatic carbocycles. The average molecular weight is 365 g/mol.